The SMILES string of the molecule is Cc1cccc(OCCC(CC2CC3CCC2C3)NN)c1. The Bertz CT molecular complexity index is 462. The van der Waals surface area contributed by atoms with E-state index in [-0.39, 0.29) is 0 Å². The van der Waals surface area contributed by atoms with E-state index in [4.69, 9.17) is 10.6 Å². The van der Waals surface area contributed by atoms with Crippen LogP contribution < -0.4 is 16.0 Å². The summed E-state index contributed by atoms with van der Waals surface area (Å²) >= 11 is 0. The molecule has 3 nitrogen and oxygen atoms in total. The largest absolute Gasteiger partial charge is 0.494 e. The first-order chi connectivity index (χ1) is 10.2. The van der Waals surface area contributed by atoms with Crippen molar-refractivity contribution in [3.8, 4) is 5.75 Å². The van der Waals surface area contributed by atoms with Crippen LogP contribution in [0.3, 0.4) is 0 Å². The van der Waals surface area contributed by atoms with Crippen LogP contribution in [0.5, 0.6) is 5.75 Å². The van der Waals surface area contributed by atoms with Crippen molar-refractivity contribution in [1.29, 1.82) is 0 Å². The molecule has 0 aliphatic heterocycles. The van der Waals surface area contributed by atoms with Crippen molar-refractivity contribution < 1.29 is 4.74 Å². The van der Waals surface area contributed by atoms with Gasteiger partial charge >= 0.3 is 0 Å². The highest BCUT2D eigenvalue weighted by atomic mass is 16.5. The Morgan fingerprint density at radius 1 is 1.33 bits per heavy atom. The Morgan fingerprint density at radius 3 is 2.90 bits per heavy atom. The minimum Gasteiger partial charge on any atom is -0.494 e. The molecular formula is C18H28N2O. The van der Waals surface area contributed by atoms with Gasteiger partial charge in [0, 0.05) is 6.04 Å². The number of hydrazine groups is 1. The predicted molar refractivity (Wildman–Crippen MR) is 86.0 cm³/mol. The summed E-state index contributed by atoms with van der Waals surface area (Å²) in [4.78, 5) is 0. The molecule has 0 saturated heterocycles. The number of benzene rings is 1. The lowest BCUT2D eigenvalue weighted by Gasteiger charge is -2.26. The molecule has 0 amide bonds. The zero-order chi connectivity index (χ0) is 14.7. The van der Waals surface area contributed by atoms with Crippen molar-refractivity contribution >= 4 is 0 Å². The van der Waals surface area contributed by atoms with Crippen LogP contribution in [0.1, 0.15) is 44.1 Å². The minimum absolute atomic E-state index is 0.388. The molecule has 2 bridgehead atoms. The maximum atomic E-state index is 5.85. The molecule has 3 heteroatoms. The van der Waals surface area contributed by atoms with Crippen LogP contribution in [-0.4, -0.2) is 12.6 Å². The second kappa shape index (κ2) is 6.80. The topological polar surface area (TPSA) is 47.3 Å². The number of aryl methyl sites for hydroxylation is 1. The summed E-state index contributed by atoms with van der Waals surface area (Å²) in [5.41, 5.74) is 4.24. The average Bonchev–Trinajstić information content (AvgIpc) is 3.09. The molecule has 1 aromatic carbocycles. The molecule has 4 unspecified atom stereocenters. The first-order valence-corrected chi connectivity index (χ1v) is 8.40. The summed E-state index contributed by atoms with van der Waals surface area (Å²) in [5, 5.41) is 0. The molecule has 2 fully saturated rings. The molecule has 3 rings (SSSR count). The number of nitrogens with two attached hydrogens (primary N) is 1. The van der Waals surface area contributed by atoms with Crippen LogP contribution in [0.25, 0.3) is 0 Å². The Labute approximate surface area is 128 Å². The number of nitrogens with one attached hydrogen (secondary N) is 1. The summed E-state index contributed by atoms with van der Waals surface area (Å²) in [5.74, 6) is 9.59. The van der Waals surface area contributed by atoms with Crippen molar-refractivity contribution in [3.63, 3.8) is 0 Å². The molecule has 0 aromatic heterocycles. The van der Waals surface area contributed by atoms with Gasteiger partial charge in [-0.1, -0.05) is 18.6 Å². The normalized spacial score (nSPS) is 28.8. The second-order valence-electron chi connectivity index (χ2n) is 6.99. The molecule has 0 radical (unpaired) electrons. The van der Waals surface area contributed by atoms with Gasteiger partial charge in [0.2, 0.25) is 0 Å². The number of ether oxygens (including phenoxy) is 1. The molecule has 4 atom stereocenters. The van der Waals surface area contributed by atoms with E-state index in [1.54, 1.807) is 0 Å². The van der Waals surface area contributed by atoms with Gasteiger partial charge in [0.05, 0.1) is 6.61 Å². The number of hydrogen-bond donors (Lipinski definition) is 2. The fourth-order valence-electron chi connectivity index (χ4n) is 4.32. The van der Waals surface area contributed by atoms with Crippen molar-refractivity contribution in [3.05, 3.63) is 29.8 Å². The summed E-state index contributed by atoms with van der Waals surface area (Å²) in [6.07, 6.45) is 8.03. The molecule has 2 aliphatic rings. The second-order valence-corrected chi connectivity index (χ2v) is 6.99. The molecule has 21 heavy (non-hydrogen) atoms. The maximum Gasteiger partial charge on any atom is 0.119 e. The molecular weight excluding hydrogens is 260 g/mol. The highest BCUT2D eigenvalue weighted by Gasteiger charge is 2.39. The van der Waals surface area contributed by atoms with Gasteiger partial charge in [-0.15, -0.1) is 0 Å². The molecule has 3 N–H and O–H groups in total. The fraction of sp³-hybridized carbons (Fsp3) is 0.667. The lowest BCUT2D eigenvalue weighted by molar-refractivity contribution is 0.238. The van der Waals surface area contributed by atoms with Gasteiger partial charge in [-0.25, -0.2) is 0 Å². The van der Waals surface area contributed by atoms with Gasteiger partial charge < -0.3 is 4.74 Å². The maximum absolute atomic E-state index is 5.85. The van der Waals surface area contributed by atoms with Gasteiger partial charge in [0.1, 0.15) is 5.75 Å². The van der Waals surface area contributed by atoms with Gasteiger partial charge in [-0.3, -0.25) is 11.3 Å². The lowest BCUT2D eigenvalue weighted by atomic mass is 9.84. The Hall–Kier alpha value is -1.06. The third-order valence-corrected chi connectivity index (χ3v) is 5.43. The third-order valence-electron chi connectivity index (χ3n) is 5.43. The van der Waals surface area contributed by atoms with Crippen molar-refractivity contribution in [2.24, 2.45) is 23.6 Å². The third kappa shape index (κ3) is 3.78. The highest BCUT2D eigenvalue weighted by molar-refractivity contribution is 5.27. The van der Waals surface area contributed by atoms with Crippen LogP contribution in [0.15, 0.2) is 24.3 Å². The Balaban J connectivity index is 1.42. The first-order valence-electron chi connectivity index (χ1n) is 8.40. The standard InChI is InChI=1S/C18H28N2O/c1-13-3-2-4-18(9-13)21-8-7-17(20-19)12-16-11-14-5-6-15(16)10-14/h2-4,9,14-17,20H,5-8,10-12,19H2,1H3. The summed E-state index contributed by atoms with van der Waals surface area (Å²) < 4.78 is 5.85. The minimum atomic E-state index is 0.388. The molecule has 0 spiro atoms. The van der Waals surface area contributed by atoms with E-state index >= 15 is 0 Å². The van der Waals surface area contributed by atoms with Crippen molar-refractivity contribution in [2.75, 3.05) is 6.61 Å². The molecule has 0 heterocycles. The molecule has 2 saturated carbocycles. The van der Waals surface area contributed by atoms with Crippen LogP contribution in [0.4, 0.5) is 0 Å². The smallest absolute Gasteiger partial charge is 0.119 e. The van der Waals surface area contributed by atoms with E-state index in [2.05, 4.69) is 24.5 Å². The summed E-state index contributed by atoms with van der Waals surface area (Å²) in [6.45, 7) is 2.82. The van der Waals surface area contributed by atoms with Crippen LogP contribution >= 0.6 is 0 Å². The van der Waals surface area contributed by atoms with Crippen molar-refractivity contribution in [1.82, 2.24) is 5.43 Å². The van der Waals surface area contributed by atoms with E-state index in [0.717, 1.165) is 36.5 Å². The van der Waals surface area contributed by atoms with E-state index in [0.29, 0.717) is 6.04 Å². The van der Waals surface area contributed by atoms with E-state index in [1.807, 2.05) is 12.1 Å². The van der Waals surface area contributed by atoms with Gasteiger partial charge in [0.15, 0.2) is 0 Å². The monoisotopic (exact) mass is 288 g/mol. The quantitative estimate of drug-likeness (QED) is 0.597. The van der Waals surface area contributed by atoms with E-state index in [1.165, 1.54) is 37.7 Å². The first kappa shape index (κ1) is 14.9. The zero-order valence-corrected chi connectivity index (χ0v) is 13.1. The summed E-state index contributed by atoms with van der Waals surface area (Å²) in [7, 11) is 0. The number of fused-ring (bicyclic) bond motifs is 2. The van der Waals surface area contributed by atoms with Gasteiger partial charge in [0.25, 0.3) is 0 Å². The fourth-order valence-corrected chi connectivity index (χ4v) is 4.32. The Morgan fingerprint density at radius 2 is 2.24 bits per heavy atom. The van der Waals surface area contributed by atoms with E-state index < -0.39 is 0 Å². The molecule has 2 aliphatic carbocycles. The summed E-state index contributed by atoms with van der Waals surface area (Å²) in [6, 6.07) is 8.62. The van der Waals surface area contributed by atoms with E-state index in [9.17, 15) is 0 Å². The predicted octanol–water partition coefficient (Wildman–Crippen LogP) is 3.42. The van der Waals surface area contributed by atoms with Crippen LogP contribution in [-0.2, 0) is 0 Å². The highest BCUT2D eigenvalue weighted by Crippen LogP contribution is 2.49. The number of hydrogen-bond acceptors (Lipinski definition) is 3. The number of rotatable bonds is 7. The van der Waals surface area contributed by atoms with Gasteiger partial charge in [-0.2, -0.15) is 0 Å². The van der Waals surface area contributed by atoms with Gasteiger partial charge in [-0.05, 0) is 74.5 Å². The van der Waals surface area contributed by atoms with Crippen LogP contribution in [0, 0.1) is 24.7 Å². The Kier molecular flexibility index (Phi) is 4.81. The lowest BCUT2D eigenvalue weighted by Crippen LogP contribution is -2.38. The molecule has 116 valence electrons. The zero-order valence-electron chi connectivity index (χ0n) is 13.1. The molecule has 1 aromatic rings. The van der Waals surface area contributed by atoms with Crippen molar-refractivity contribution in [2.45, 2.75) is 51.5 Å². The average molecular weight is 288 g/mol. The van der Waals surface area contributed by atoms with Crippen LogP contribution in [0.2, 0.25) is 0 Å².